The second-order valence-corrected chi connectivity index (χ2v) is 4.77. The predicted molar refractivity (Wildman–Crippen MR) is 74.9 cm³/mol. The van der Waals surface area contributed by atoms with E-state index in [1.807, 2.05) is 6.07 Å². The van der Waals surface area contributed by atoms with Crippen LogP contribution in [0.5, 0.6) is 0 Å². The van der Waals surface area contributed by atoms with Gasteiger partial charge in [-0.2, -0.15) is 18.2 Å². The molecule has 0 spiro atoms. The normalized spacial score (nSPS) is 11.6. The summed E-state index contributed by atoms with van der Waals surface area (Å²) in [6, 6.07) is 12.2. The van der Waals surface area contributed by atoms with E-state index in [4.69, 9.17) is 4.52 Å². The molecule has 0 radical (unpaired) electrons. The van der Waals surface area contributed by atoms with Crippen molar-refractivity contribution in [3.8, 4) is 22.6 Å². The molecule has 0 N–H and O–H groups in total. The third kappa shape index (κ3) is 2.72. The number of hydrogen-bond acceptors (Lipinski definition) is 3. The number of rotatable bonds is 2. The number of alkyl halides is 3. The van der Waals surface area contributed by atoms with Gasteiger partial charge in [0.25, 0.3) is 5.89 Å². The number of nitrogens with zero attached hydrogens (tertiary/aromatic N) is 2. The average molecular weight is 304 g/mol. The average Bonchev–Trinajstić information content (AvgIpc) is 2.93. The lowest BCUT2D eigenvalue weighted by molar-refractivity contribution is -0.137. The summed E-state index contributed by atoms with van der Waals surface area (Å²) < 4.78 is 43.1. The first-order valence-corrected chi connectivity index (χ1v) is 6.52. The third-order valence-corrected chi connectivity index (χ3v) is 3.21. The fourth-order valence-corrected chi connectivity index (χ4v) is 2.17. The highest BCUT2D eigenvalue weighted by molar-refractivity contribution is 5.79. The van der Waals surface area contributed by atoms with Crippen LogP contribution in [0.1, 0.15) is 11.4 Å². The number of aryl methyl sites for hydroxylation is 1. The Kier molecular flexibility index (Phi) is 3.44. The van der Waals surface area contributed by atoms with E-state index in [1.54, 1.807) is 25.1 Å². The summed E-state index contributed by atoms with van der Waals surface area (Å²) in [6.45, 7) is 1.70. The first kappa shape index (κ1) is 14.3. The van der Waals surface area contributed by atoms with Crippen LogP contribution in [0.25, 0.3) is 22.6 Å². The Labute approximate surface area is 124 Å². The van der Waals surface area contributed by atoms with Crippen LogP contribution in [0.2, 0.25) is 0 Å². The Morgan fingerprint density at radius 3 is 2.09 bits per heavy atom. The molecular formula is C16H11F3N2O. The summed E-state index contributed by atoms with van der Waals surface area (Å²) in [4.78, 5) is 4.17. The van der Waals surface area contributed by atoms with E-state index in [2.05, 4.69) is 10.1 Å². The minimum absolute atomic E-state index is 0.341. The van der Waals surface area contributed by atoms with E-state index in [1.165, 1.54) is 12.1 Å². The topological polar surface area (TPSA) is 38.9 Å². The minimum atomic E-state index is -4.35. The van der Waals surface area contributed by atoms with Crippen molar-refractivity contribution in [2.24, 2.45) is 0 Å². The van der Waals surface area contributed by atoms with Crippen LogP contribution >= 0.6 is 0 Å². The monoisotopic (exact) mass is 304 g/mol. The lowest BCUT2D eigenvalue weighted by Gasteiger charge is -2.09. The summed E-state index contributed by atoms with van der Waals surface area (Å²) in [7, 11) is 0. The van der Waals surface area contributed by atoms with E-state index in [-0.39, 0.29) is 0 Å². The van der Waals surface area contributed by atoms with E-state index >= 15 is 0 Å². The van der Waals surface area contributed by atoms with Crippen LogP contribution in [0.4, 0.5) is 13.2 Å². The molecule has 0 aliphatic carbocycles. The van der Waals surface area contributed by atoms with Crippen molar-refractivity contribution < 1.29 is 17.7 Å². The van der Waals surface area contributed by atoms with Crippen molar-refractivity contribution in [2.45, 2.75) is 13.1 Å². The molecule has 0 saturated heterocycles. The van der Waals surface area contributed by atoms with Crippen molar-refractivity contribution in [3.63, 3.8) is 0 Å². The Balaban J connectivity index is 2.06. The van der Waals surface area contributed by atoms with E-state index in [0.29, 0.717) is 22.8 Å². The summed E-state index contributed by atoms with van der Waals surface area (Å²) >= 11 is 0. The molecule has 3 rings (SSSR count). The second-order valence-electron chi connectivity index (χ2n) is 4.77. The molecule has 112 valence electrons. The lowest BCUT2D eigenvalue weighted by atomic mass is 9.98. The fourth-order valence-electron chi connectivity index (χ4n) is 2.17. The van der Waals surface area contributed by atoms with Gasteiger partial charge in [0.15, 0.2) is 5.82 Å². The highest BCUT2D eigenvalue weighted by Gasteiger charge is 2.30. The number of halogens is 3. The van der Waals surface area contributed by atoms with Crippen molar-refractivity contribution in [1.29, 1.82) is 0 Å². The standard InChI is InChI=1S/C16H11F3N2O/c1-10-20-15(22-21-10)14-5-3-2-4-13(14)11-6-8-12(9-7-11)16(17,18)19/h2-9H,1H3. The first-order chi connectivity index (χ1) is 10.4. The van der Waals surface area contributed by atoms with Crippen LogP contribution < -0.4 is 0 Å². The molecule has 0 atom stereocenters. The van der Waals surface area contributed by atoms with Gasteiger partial charge in [0.05, 0.1) is 5.56 Å². The minimum Gasteiger partial charge on any atom is -0.334 e. The lowest BCUT2D eigenvalue weighted by Crippen LogP contribution is -2.04. The summed E-state index contributed by atoms with van der Waals surface area (Å²) in [5.41, 5.74) is 1.39. The molecule has 0 fully saturated rings. The third-order valence-electron chi connectivity index (χ3n) is 3.21. The van der Waals surface area contributed by atoms with Crippen LogP contribution in [0.15, 0.2) is 53.1 Å². The zero-order valence-electron chi connectivity index (χ0n) is 11.6. The molecule has 0 amide bonds. The number of aromatic nitrogens is 2. The maximum Gasteiger partial charge on any atom is 0.416 e. The SMILES string of the molecule is Cc1noc(-c2ccccc2-c2ccc(C(F)(F)F)cc2)n1. The molecule has 6 heteroatoms. The Hall–Kier alpha value is -2.63. The number of benzene rings is 2. The highest BCUT2D eigenvalue weighted by Crippen LogP contribution is 2.34. The van der Waals surface area contributed by atoms with Gasteiger partial charge in [-0.15, -0.1) is 0 Å². The molecule has 0 aliphatic rings. The molecule has 22 heavy (non-hydrogen) atoms. The van der Waals surface area contributed by atoms with Gasteiger partial charge in [0.1, 0.15) is 0 Å². The largest absolute Gasteiger partial charge is 0.416 e. The maximum absolute atomic E-state index is 12.6. The van der Waals surface area contributed by atoms with Crippen molar-refractivity contribution in [1.82, 2.24) is 10.1 Å². The molecule has 1 heterocycles. The van der Waals surface area contributed by atoms with E-state index in [0.717, 1.165) is 17.7 Å². The van der Waals surface area contributed by atoms with Crippen LogP contribution in [-0.4, -0.2) is 10.1 Å². The highest BCUT2D eigenvalue weighted by atomic mass is 19.4. The fraction of sp³-hybridized carbons (Fsp3) is 0.125. The second kappa shape index (κ2) is 5.29. The molecule has 3 nitrogen and oxygen atoms in total. The van der Waals surface area contributed by atoms with Gasteiger partial charge < -0.3 is 4.52 Å². The molecule has 0 saturated carbocycles. The Morgan fingerprint density at radius 2 is 1.55 bits per heavy atom. The van der Waals surface area contributed by atoms with Gasteiger partial charge >= 0.3 is 6.18 Å². The van der Waals surface area contributed by atoms with Crippen LogP contribution in [0.3, 0.4) is 0 Å². The summed E-state index contributed by atoms with van der Waals surface area (Å²) in [5.74, 6) is 0.838. The van der Waals surface area contributed by atoms with Gasteiger partial charge in [0.2, 0.25) is 0 Å². The van der Waals surface area contributed by atoms with E-state index < -0.39 is 11.7 Å². The summed E-state index contributed by atoms with van der Waals surface area (Å²) in [5, 5.41) is 3.74. The van der Waals surface area contributed by atoms with Gasteiger partial charge in [-0.05, 0) is 36.2 Å². The maximum atomic E-state index is 12.6. The van der Waals surface area contributed by atoms with Crippen molar-refractivity contribution >= 4 is 0 Å². The van der Waals surface area contributed by atoms with Gasteiger partial charge in [-0.25, -0.2) is 0 Å². The molecule has 0 aliphatic heterocycles. The van der Waals surface area contributed by atoms with Crippen LogP contribution in [-0.2, 0) is 6.18 Å². The van der Waals surface area contributed by atoms with Crippen molar-refractivity contribution in [3.05, 3.63) is 59.9 Å². The quantitative estimate of drug-likeness (QED) is 0.687. The Bertz CT molecular complexity index is 792. The van der Waals surface area contributed by atoms with Crippen LogP contribution in [0, 0.1) is 6.92 Å². The predicted octanol–water partition coefficient (Wildman–Crippen LogP) is 4.73. The summed E-state index contributed by atoms with van der Waals surface area (Å²) in [6.07, 6.45) is -4.35. The zero-order valence-corrected chi connectivity index (χ0v) is 11.6. The Morgan fingerprint density at radius 1 is 0.909 bits per heavy atom. The first-order valence-electron chi connectivity index (χ1n) is 6.52. The molecule has 0 bridgehead atoms. The number of hydrogen-bond donors (Lipinski definition) is 0. The molecule has 1 aromatic heterocycles. The molecule has 0 unspecified atom stereocenters. The van der Waals surface area contributed by atoms with Crippen molar-refractivity contribution in [2.75, 3.05) is 0 Å². The molecule has 3 aromatic rings. The van der Waals surface area contributed by atoms with E-state index in [9.17, 15) is 13.2 Å². The molecular weight excluding hydrogens is 293 g/mol. The molecule has 2 aromatic carbocycles. The smallest absolute Gasteiger partial charge is 0.334 e. The van der Waals surface area contributed by atoms with Gasteiger partial charge in [0, 0.05) is 5.56 Å². The van der Waals surface area contributed by atoms with Gasteiger partial charge in [-0.3, -0.25) is 0 Å². The van der Waals surface area contributed by atoms with Gasteiger partial charge in [-0.1, -0.05) is 35.5 Å². The zero-order chi connectivity index (χ0) is 15.7.